The zero-order valence-electron chi connectivity index (χ0n) is 14.9. The Morgan fingerprint density at radius 1 is 1.15 bits per heavy atom. The second-order valence-corrected chi connectivity index (χ2v) is 5.84. The standard InChI is InChI=1S/C20H19FN2O4/c1-13(14-3-5-15(21)6-4-14)22-20(24)18-11-27-19(23-18)12-26-17-9-7-16(25-2)8-10-17/h3-11,13H,12H2,1-2H3,(H,22,24)/t13-/m0/s1. The summed E-state index contributed by atoms with van der Waals surface area (Å²) in [4.78, 5) is 16.4. The second-order valence-electron chi connectivity index (χ2n) is 5.84. The summed E-state index contributed by atoms with van der Waals surface area (Å²) in [6.45, 7) is 1.89. The van der Waals surface area contributed by atoms with Crippen LogP contribution in [0, 0.1) is 5.82 Å². The normalized spacial score (nSPS) is 11.7. The van der Waals surface area contributed by atoms with Crippen LogP contribution in [0.5, 0.6) is 11.5 Å². The Morgan fingerprint density at radius 2 is 1.81 bits per heavy atom. The smallest absolute Gasteiger partial charge is 0.273 e. The molecule has 140 valence electrons. The number of aromatic nitrogens is 1. The fraction of sp³-hybridized carbons (Fsp3) is 0.200. The molecule has 1 heterocycles. The molecule has 2 aromatic carbocycles. The van der Waals surface area contributed by atoms with Crippen molar-refractivity contribution in [2.24, 2.45) is 0 Å². The minimum Gasteiger partial charge on any atom is -0.497 e. The Labute approximate surface area is 155 Å². The van der Waals surface area contributed by atoms with Crippen LogP contribution in [-0.4, -0.2) is 18.0 Å². The van der Waals surface area contributed by atoms with Crippen molar-refractivity contribution in [3.63, 3.8) is 0 Å². The van der Waals surface area contributed by atoms with Gasteiger partial charge in [0.25, 0.3) is 5.91 Å². The van der Waals surface area contributed by atoms with Crippen molar-refractivity contribution < 1.29 is 23.1 Å². The number of oxazole rings is 1. The summed E-state index contributed by atoms with van der Waals surface area (Å²) in [6, 6.07) is 12.7. The lowest BCUT2D eigenvalue weighted by Gasteiger charge is -2.13. The van der Waals surface area contributed by atoms with Gasteiger partial charge in [-0.1, -0.05) is 12.1 Å². The first-order chi connectivity index (χ1) is 13.0. The van der Waals surface area contributed by atoms with Crippen LogP contribution in [0.15, 0.2) is 59.2 Å². The molecular formula is C20H19FN2O4. The van der Waals surface area contributed by atoms with E-state index in [1.165, 1.54) is 18.4 Å². The third-order valence-electron chi connectivity index (χ3n) is 3.92. The molecule has 0 fully saturated rings. The van der Waals surface area contributed by atoms with Crippen molar-refractivity contribution in [2.45, 2.75) is 19.6 Å². The summed E-state index contributed by atoms with van der Waals surface area (Å²) in [7, 11) is 1.59. The van der Waals surface area contributed by atoms with Crippen LogP contribution in [-0.2, 0) is 6.61 Å². The van der Waals surface area contributed by atoms with E-state index in [0.717, 1.165) is 11.3 Å². The summed E-state index contributed by atoms with van der Waals surface area (Å²) < 4.78 is 28.9. The molecule has 0 radical (unpaired) electrons. The zero-order chi connectivity index (χ0) is 19.2. The van der Waals surface area contributed by atoms with Gasteiger partial charge in [-0.3, -0.25) is 4.79 Å². The van der Waals surface area contributed by atoms with E-state index >= 15 is 0 Å². The first-order valence-corrected chi connectivity index (χ1v) is 8.32. The Bertz CT molecular complexity index is 891. The molecule has 0 aliphatic heterocycles. The topological polar surface area (TPSA) is 73.6 Å². The maximum atomic E-state index is 13.0. The van der Waals surface area contributed by atoms with Gasteiger partial charge < -0.3 is 19.2 Å². The van der Waals surface area contributed by atoms with Crippen molar-refractivity contribution >= 4 is 5.91 Å². The van der Waals surface area contributed by atoms with E-state index in [2.05, 4.69) is 10.3 Å². The molecule has 6 nitrogen and oxygen atoms in total. The SMILES string of the molecule is COc1ccc(OCc2nc(C(=O)N[C@@H](C)c3ccc(F)cc3)co2)cc1. The number of nitrogens with one attached hydrogen (secondary N) is 1. The number of hydrogen-bond donors (Lipinski definition) is 1. The molecule has 0 spiro atoms. The molecule has 0 unspecified atom stereocenters. The minimum atomic E-state index is -0.383. The van der Waals surface area contributed by atoms with Crippen LogP contribution < -0.4 is 14.8 Å². The monoisotopic (exact) mass is 370 g/mol. The van der Waals surface area contributed by atoms with Gasteiger partial charge in [0.2, 0.25) is 5.89 Å². The van der Waals surface area contributed by atoms with Crippen LogP contribution in [0.1, 0.15) is 34.9 Å². The summed E-state index contributed by atoms with van der Waals surface area (Å²) in [5.74, 6) is 0.935. The first-order valence-electron chi connectivity index (χ1n) is 8.32. The number of nitrogens with zero attached hydrogens (tertiary/aromatic N) is 1. The van der Waals surface area contributed by atoms with Gasteiger partial charge in [0.1, 0.15) is 23.6 Å². The highest BCUT2D eigenvalue weighted by atomic mass is 19.1. The number of hydrogen-bond acceptors (Lipinski definition) is 5. The van der Waals surface area contributed by atoms with Gasteiger partial charge in [-0.25, -0.2) is 9.37 Å². The predicted octanol–water partition coefficient (Wildman–Crippen LogP) is 3.89. The van der Waals surface area contributed by atoms with Crippen LogP contribution >= 0.6 is 0 Å². The molecule has 1 N–H and O–H groups in total. The number of ether oxygens (including phenoxy) is 2. The maximum Gasteiger partial charge on any atom is 0.273 e. The van der Waals surface area contributed by atoms with Gasteiger partial charge in [0.15, 0.2) is 12.3 Å². The summed E-state index contributed by atoms with van der Waals surface area (Å²) >= 11 is 0. The quantitative estimate of drug-likeness (QED) is 0.683. The van der Waals surface area contributed by atoms with Gasteiger partial charge in [-0.05, 0) is 48.9 Å². The molecule has 3 aromatic rings. The van der Waals surface area contributed by atoms with E-state index in [-0.39, 0.29) is 36.0 Å². The summed E-state index contributed by atoms with van der Waals surface area (Å²) in [5.41, 5.74) is 0.939. The van der Waals surface area contributed by atoms with Gasteiger partial charge in [0, 0.05) is 0 Å². The van der Waals surface area contributed by atoms with E-state index in [4.69, 9.17) is 13.9 Å². The number of halogens is 1. The van der Waals surface area contributed by atoms with Crippen LogP contribution in [0.25, 0.3) is 0 Å². The zero-order valence-corrected chi connectivity index (χ0v) is 14.9. The largest absolute Gasteiger partial charge is 0.497 e. The highest BCUT2D eigenvalue weighted by Crippen LogP contribution is 2.18. The summed E-state index contributed by atoms with van der Waals surface area (Å²) in [5, 5.41) is 2.79. The number of rotatable bonds is 7. The highest BCUT2D eigenvalue weighted by Gasteiger charge is 2.16. The van der Waals surface area contributed by atoms with Crippen molar-refractivity contribution in [2.75, 3.05) is 7.11 Å². The lowest BCUT2D eigenvalue weighted by Crippen LogP contribution is -2.27. The summed E-state index contributed by atoms with van der Waals surface area (Å²) in [6.07, 6.45) is 1.28. The lowest BCUT2D eigenvalue weighted by atomic mass is 10.1. The predicted molar refractivity (Wildman–Crippen MR) is 96.1 cm³/mol. The Morgan fingerprint density at radius 3 is 2.48 bits per heavy atom. The van der Waals surface area contributed by atoms with Gasteiger partial charge in [-0.2, -0.15) is 0 Å². The van der Waals surface area contributed by atoms with E-state index < -0.39 is 0 Å². The van der Waals surface area contributed by atoms with Crippen LogP contribution in [0.2, 0.25) is 0 Å². The molecule has 27 heavy (non-hydrogen) atoms. The van der Waals surface area contributed by atoms with Crippen LogP contribution in [0.4, 0.5) is 4.39 Å². The molecule has 0 aliphatic rings. The molecule has 3 rings (SSSR count). The fourth-order valence-corrected chi connectivity index (χ4v) is 2.40. The van der Waals surface area contributed by atoms with E-state index in [0.29, 0.717) is 5.75 Å². The number of carbonyl (C=O) groups excluding carboxylic acids is 1. The average Bonchev–Trinajstić information content (AvgIpc) is 3.16. The number of carbonyl (C=O) groups is 1. The number of methoxy groups -OCH3 is 1. The Balaban J connectivity index is 1.55. The van der Waals surface area contributed by atoms with E-state index in [9.17, 15) is 9.18 Å². The van der Waals surface area contributed by atoms with Crippen LogP contribution in [0.3, 0.4) is 0 Å². The molecule has 1 atom stereocenters. The molecular weight excluding hydrogens is 351 g/mol. The average molecular weight is 370 g/mol. The fourth-order valence-electron chi connectivity index (χ4n) is 2.40. The molecule has 1 aromatic heterocycles. The van der Waals surface area contributed by atoms with E-state index in [1.807, 2.05) is 0 Å². The molecule has 0 saturated heterocycles. The van der Waals surface area contributed by atoms with Gasteiger partial charge >= 0.3 is 0 Å². The van der Waals surface area contributed by atoms with Crippen molar-refractivity contribution in [3.05, 3.63) is 77.8 Å². The lowest BCUT2D eigenvalue weighted by molar-refractivity contribution is 0.0934. The minimum absolute atomic E-state index is 0.0904. The first kappa shape index (κ1) is 18.4. The molecule has 0 saturated carbocycles. The van der Waals surface area contributed by atoms with Crippen molar-refractivity contribution in [1.82, 2.24) is 10.3 Å². The van der Waals surface area contributed by atoms with Crippen molar-refractivity contribution in [3.8, 4) is 11.5 Å². The third-order valence-corrected chi connectivity index (χ3v) is 3.92. The number of benzene rings is 2. The van der Waals surface area contributed by atoms with Crippen molar-refractivity contribution in [1.29, 1.82) is 0 Å². The van der Waals surface area contributed by atoms with E-state index in [1.54, 1.807) is 50.4 Å². The highest BCUT2D eigenvalue weighted by molar-refractivity contribution is 5.92. The second kappa shape index (κ2) is 8.35. The Hall–Kier alpha value is -3.35. The molecule has 7 heteroatoms. The number of amides is 1. The van der Waals surface area contributed by atoms with Gasteiger partial charge in [0.05, 0.1) is 13.2 Å². The third kappa shape index (κ3) is 4.84. The molecule has 0 bridgehead atoms. The molecule has 0 aliphatic carbocycles. The molecule has 1 amide bonds. The van der Waals surface area contributed by atoms with Gasteiger partial charge in [-0.15, -0.1) is 0 Å². The maximum absolute atomic E-state index is 13.0. The Kier molecular flexibility index (Phi) is 5.71.